The van der Waals surface area contributed by atoms with Crippen LogP contribution in [0.5, 0.6) is 0 Å². The van der Waals surface area contributed by atoms with E-state index in [1.807, 2.05) is 6.92 Å². The zero-order valence-corrected chi connectivity index (χ0v) is 12.0. The summed E-state index contributed by atoms with van der Waals surface area (Å²) in [6.45, 7) is 3.97. The first-order valence-corrected chi connectivity index (χ1v) is 6.65. The van der Waals surface area contributed by atoms with Crippen LogP contribution in [-0.2, 0) is 15.7 Å². The normalized spacial score (nSPS) is 13.0. The number of rotatable bonds is 6. The molecule has 0 heterocycles. The van der Waals surface area contributed by atoms with Crippen LogP contribution in [0.3, 0.4) is 0 Å². The van der Waals surface area contributed by atoms with E-state index in [9.17, 15) is 18.0 Å². The predicted octanol–water partition coefficient (Wildman–Crippen LogP) is 3.43. The third-order valence-corrected chi connectivity index (χ3v) is 2.86. The number of ether oxygens (including phenoxy) is 1. The molecule has 1 amide bonds. The maximum atomic E-state index is 12.7. The summed E-state index contributed by atoms with van der Waals surface area (Å²) in [7, 11) is 0. The van der Waals surface area contributed by atoms with Gasteiger partial charge in [0.25, 0.3) is 5.91 Å². The Bertz CT molecular complexity index is 490. The van der Waals surface area contributed by atoms with Crippen molar-refractivity contribution in [1.82, 2.24) is 0 Å². The molecule has 0 radical (unpaired) electrons. The maximum Gasteiger partial charge on any atom is 0.418 e. The highest BCUT2D eigenvalue weighted by Gasteiger charge is 2.33. The highest BCUT2D eigenvalue weighted by Crippen LogP contribution is 2.35. The molecule has 0 aliphatic heterocycles. The minimum atomic E-state index is -4.56. The van der Waals surface area contributed by atoms with Gasteiger partial charge in [0.15, 0.2) is 0 Å². The molecule has 118 valence electrons. The van der Waals surface area contributed by atoms with Crippen LogP contribution in [0.15, 0.2) is 18.2 Å². The van der Waals surface area contributed by atoms with E-state index in [1.54, 1.807) is 6.92 Å². The van der Waals surface area contributed by atoms with Gasteiger partial charge in [-0.15, -0.1) is 0 Å². The zero-order valence-electron chi connectivity index (χ0n) is 12.0. The van der Waals surface area contributed by atoms with E-state index in [1.165, 1.54) is 6.07 Å². The summed E-state index contributed by atoms with van der Waals surface area (Å²) in [4.78, 5) is 11.8. The van der Waals surface area contributed by atoms with Gasteiger partial charge in [0.05, 0.1) is 5.56 Å². The van der Waals surface area contributed by atoms with Crippen molar-refractivity contribution in [2.24, 2.45) is 0 Å². The van der Waals surface area contributed by atoms with Crippen molar-refractivity contribution in [2.75, 3.05) is 17.7 Å². The second kappa shape index (κ2) is 7.31. The summed E-state index contributed by atoms with van der Waals surface area (Å²) in [6.07, 6.45) is -3.55. The van der Waals surface area contributed by atoms with Crippen LogP contribution in [-0.4, -0.2) is 18.6 Å². The van der Waals surface area contributed by atoms with E-state index in [0.717, 1.165) is 25.0 Å². The van der Waals surface area contributed by atoms with Gasteiger partial charge in [0.2, 0.25) is 0 Å². The molecule has 3 N–H and O–H groups in total. The number of nitrogen functional groups attached to an aromatic ring is 1. The SMILES string of the molecule is CCCCOC(C)C(=O)Nc1ccc(N)c(C(F)(F)F)c1. The number of alkyl halides is 3. The fourth-order valence-electron chi connectivity index (χ4n) is 1.60. The van der Waals surface area contributed by atoms with Crippen LogP contribution in [0.25, 0.3) is 0 Å². The van der Waals surface area contributed by atoms with Crippen molar-refractivity contribution >= 4 is 17.3 Å². The Hall–Kier alpha value is -1.76. The van der Waals surface area contributed by atoms with Gasteiger partial charge in [0.1, 0.15) is 6.10 Å². The summed E-state index contributed by atoms with van der Waals surface area (Å²) in [5.41, 5.74) is 3.97. The monoisotopic (exact) mass is 304 g/mol. The number of nitrogens with two attached hydrogens (primary N) is 1. The quantitative estimate of drug-likeness (QED) is 0.625. The Balaban J connectivity index is 2.73. The van der Waals surface area contributed by atoms with Gasteiger partial charge < -0.3 is 15.8 Å². The van der Waals surface area contributed by atoms with Crippen LogP contribution in [0.1, 0.15) is 32.3 Å². The first kappa shape index (κ1) is 17.3. The lowest BCUT2D eigenvalue weighted by molar-refractivity contribution is -0.137. The lowest BCUT2D eigenvalue weighted by atomic mass is 10.1. The number of benzene rings is 1. The van der Waals surface area contributed by atoms with Gasteiger partial charge in [-0.1, -0.05) is 13.3 Å². The second-order valence-corrected chi connectivity index (χ2v) is 4.66. The number of hydrogen-bond acceptors (Lipinski definition) is 3. The maximum absolute atomic E-state index is 12.7. The summed E-state index contributed by atoms with van der Waals surface area (Å²) in [5, 5.41) is 2.39. The highest BCUT2D eigenvalue weighted by atomic mass is 19.4. The van der Waals surface area contributed by atoms with Gasteiger partial charge in [-0.25, -0.2) is 0 Å². The van der Waals surface area contributed by atoms with E-state index >= 15 is 0 Å². The Morgan fingerprint density at radius 1 is 1.43 bits per heavy atom. The number of unbranched alkanes of at least 4 members (excludes halogenated alkanes) is 1. The molecular weight excluding hydrogens is 285 g/mol. The molecular formula is C14H19F3N2O2. The minimum absolute atomic E-state index is 0.0347. The van der Waals surface area contributed by atoms with Crippen molar-refractivity contribution in [2.45, 2.75) is 39.0 Å². The molecule has 21 heavy (non-hydrogen) atoms. The number of carbonyl (C=O) groups excluding carboxylic acids is 1. The Kier molecular flexibility index (Phi) is 6.02. The van der Waals surface area contributed by atoms with Gasteiger partial charge in [-0.3, -0.25) is 4.79 Å². The average molecular weight is 304 g/mol. The van der Waals surface area contributed by atoms with E-state index in [2.05, 4.69) is 5.32 Å². The van der Waals surface area contributed by atoms with E-state index in [4.69, 9.17) is 10.5 Å². The Morgan fingerprint density at radius 2 is 2.10 bits per heavy atom. The third-order valence-electron chi connectivity index (χ3n) is 2.86. The zero-order chi connectivity index (χ0) is 16.0. The smallest absolute Gasteiger partial charge is 0.398 e. The number of halogens is 3. The van der Waals surface area contributed by atoms with E-state index < -0.39 is 23.8 Å². The van der Waals surface area contributed by atoms with E-state index in [0.29, 0.717) is 6.61 Å². The van der Waals surface area contributed by atoms with Crippen LogP contribution >= 0.6 is 0 Å². The lowest BCUT2D eigenvalue weighted by Gasteiger charge is -2.15. The van der Waals surface area contributed by atoms with Crippen LogP contribution in [0.4, 0.5) is 24.5 Å². The first-order valence-electron chi connectivity index (χ1n) is 6.65. The number of amides is 1. The molecule has 0 bridgehead atoms. The molecule has 4 nitrogen and oxygen atoms in total. The average Bonchev–Trinajstić information content (AvgIpc) is 2.39. The van der Waals surface area contributed by atoms with Crippen molar-refractivity contribution in [1.29, 1.82) is 0 Å². The molecule has 1 aromatic carbocycles. The molecule has 1 atom stereocenters. The molecule has 0 saturated carbocycles. The molecule has 0 aromatic heterocycles. The number of carbonyl (C=O) groups is 1. The van der Waals surface area contributed by atoms with Gasteiger partial charge in [-0.2, -0.15) is 13.2 Å². The number of hydrogen-bond donors (Lipinski definition) is 2. The number of nitrogens with one attached hydrogen (secondary N) is 1. The standard InChI is InChI=1S/C14H19F3N2O2/c1-3-4-7-21-9(2)13(20)19-10-5-6-12(18)11(8-10)14(15,16)17/h5-6,8-9H,3-4,7,18H2,1-2H3,(H,19,20). The van der Waals surface area contributed by atoms with E-state index in [-0.39, 0.29) is 11.4 Å². The summed E-state index contributed by atoms with van der Waals surface area (Å²) >= 11 is 0. The summed E-state index contributed by atoms with van der Waals surface area (Å²) < 4.78 is 43.4. The van der Waals surface area contributed by atoms with Crippen molar-refractivity contribution in [3.63, 3.8) is 0 Å². The van der Waals surface area contributed by atoms with Crippen molar-refractivity contribution < 1.29 is 22.7 Å². The highest BCUT2D eigenvalue weighted by molar-refractivity contribution is 5.94. The Labute approximate surface area is 121 Å². The lowest BCUT2D eigenvalue weighted by Crippen LogP contribution is -2.28. The van der Waals surface area contributed by atoms with Gasteiger partial charge >= 0.3 is 6.18 Å². The summed E-state index contributed by atoms with van der Waals surface area (Å²) in [5.74, 6) is -0.496. The molecule has 0 aliphatic rings. The number of anilines is 2. The van der Waals surface area contributed by atoms with Crippen LogP contribution < -0.4 is 11.1 Å². The van der Waals surface area contributed by atoms with Crippen molar-refractivity contribution in [3.8, 4) is 0 Å². The fourth-order valence-corrected chi connectivity index (χ4v) is 1.60. The van der Waals surface area contributed by atoms with Crippen LogP contribution in [0.2, 0.25) is 0 Å². The van der Waals surface area contributed by atoms with Gasteiger partial charge in [0, 0.05) is 18.0 Å². The molecule has 0 spiro atoms. The van der Waals surface area contributed by atoms with Crippen molar-refractivity contribution in [3.05, 3.63) is 23.8 Å². The largest absolute Gasteiger partial charge is 0.418 e. The third kappa shape index (κ3) is 5.26. The Morgan fingerprint density at radius 3 is 2.67 bits per heavy atom. The molecule has 7 heteroatoms. The molecule has 1 aromatic rings. The molecule has 1 unspecified atom stereocenters. The second-order valence-electron chi connectivity index (χ2n) is 4.66. The summed E-state index contributed by atoms with van der Waals surface area (Å²) in [6, 6.07) is 3.24. The topological polar surface area (TPSA) is 64.3 Å². The molecule has 1 rings (SSSR count). The minimum Gasteiger partial charge on any atom is -0.398 e. The van der Waals surface area contributed by atoms with Crippen LogP contribution in [0, 0.1) is 0 Å². The molecule has 0 fully saturated rings. The fraction of sp³-hybridized carbons (Fsp3) is 0.500. The molecule has 0 saturated heterocycles. The first-order chi connectivity index (χ1) is 9.75. The molecule has 0 aliphatic carbocycles. The predicted molar refractivity (Wildman–Crippen MR) is 74.8 cm³/mol. The van der Waals surface area contributed by atoms with Gasteiger partial charge in [-0.05, 0) is 31.5 Å².